The van der Waals surface area contributed by atoms with Gasteiger partial charge in [0.25, 0.3) is 0 Å². The van der Waals surface area contributed by atoms with E-state index in [4.69, 9.17) is 4.74 Å². The molecular weight excluding hydrogens is 228 g/mol. The van der Waals surface area contributed by atoms with E-state index < -0.39 is 6.10 Å². The molecule has 3 unspecified atom stereocenters. The molecule has 3 atom stereocenters. The van der Waals surface area contributed by atoms with E-state index in [1.54, 1.807) is 12.2 Å². The topological polar surface area (TPSA) is 46.5 Å². The number of hydrogen-bond donors (Lipinski definition) is 1. The molecule has 1 N–H and O–H groups in total. The van der Waals surface area contributed by atoms with Crippen LogP contribution in [0, 0.1) is 11.3 Å². The summed E-state index contributed by atoms with van der Waals surface area (Å²) in [7, 11) is 0. The van der Waals surface area contributed by atoms with Crippen molar-refractivity contribution in [1.82, 2.24) is 0 Å². The Kier molecular flexibility index (Phi) is 3.20. The predicted octanol–water partition coefficient (Wildman–Crippen LogP) is 2.38. The maximum Gasteiger partial charge on any atom is 0.334 e. The average Bonchev–Trinajstić information content (AvgIpc) is 2.54. The van der Waals surface area contributed by atoms with Crippen LogP contribution in [0.4, 0.5) is 0 Å². The van der Waals surface area contributed by atoms with Gasteiger partial charge in [-0.05, 0) is 30.9 Å². The lowest BCUT2D eigenvalue weighted by atomic mass is 9.66. The Bertz CT molecular complexity index is 443. The van der Waals surface area contributed by atoms with Crippen LogP contribution in [-0.4, -0.2) is 23.3 Å². The van der Waals surface area contributed by atoms with Gasteiger partial charge in [-0.2, -0.15) is 0 Å². The number of carbonyl (C=O) groups is 1. The second-order valence-corrected chi connectivity index (χ2v) is 5.84. The van der Waals surface area contributed by atoms with Gasteiger partial charge in [0.05, 0.1) is 6.10 Å². The van der Waals surface area contributed by atoms with Crippen molar-refractivity contribution < 1.29 is 14.6 Å². The number of rotatable bonds is 2. The van der Waals surface area contributed by atoms with Crippen LogP contribution in [0.2, 0.25) is 0 Å². The molecule has 3 heteroatoms. The highest BCUT2D eigenvalue weighted by Gasteiger charge is 2.50. The number of cyclic esters (lactones) is 1. The van der Waals surface area contributed by atoms with Crippen LogP contribution in [-0.2, 0) is 9.53 Å². The standard InChI is InChI=1S/C15H20O3/c1-5-9(2)6-12-13-11(14(17)18-12)7-10(16)8-15(13,3)4/h5-7,10,12-13,16H,1,8H2,2-4H3. The van der Waals surface area contributed by atoms with Crippen molar-refractivity contribution in [2.24, 2.45) is 11.3 Å². The zero-order chi connectivity index (χ0) is 13.5. The van der Waals surface area contributed by atoms with Crippen LogP contribution in [0.5, 0.6) is 0 Å². The van der Waals surface area contributed by atoms with Gasteiger partial charge < -0.3 is 9.84 Å². The van der Waals surface area contributed by atoms with Crippen molar-refractivity contribution in [3.8, 4) is 0 Å². The average molecular weight is 248 g/mol. The smallest absolute Gasteiger partial charge is 0.334 e. The number of allylic oxidation sites excluding steroid dienone is 2. The van der Waals surface area contributed by atoms with Gasteiger partial charge in [-0.1, -0.05) is 32.1 Å². The third-order valence-electron chi connectivity index (χ3n) is 3.84. The number of aliphatic hydroxyl groups is 1. The van der Waals surface area contributed by atoms with Gasteiger partial charge in [0.15, 0.2) is 0 Å². The van der Waals surface area contributed by atoms with Gasteiger partial charge in [-0.3, -0.25) is 0 Å². The molecule has 18 heavy (non-hydrogen) atoms. The molecule has 0 saturated carbocycles. The molecule has 0 aromatic heterocycles. The van der Waals surface area contributed by atoms with E-state index >= 15 is 0 Å². The van der Waals surface area contributed by atoms with Crippen LogP contribution in [0.15, 0.2) is 36.0 Å². The fourth-order valence-corrected chi connectivity index (χ4v) is 2.99. The van der Waals surface area contributed by atoms with Crippen LogP contribution < -0.4 is 0 Å². The normalized spacial score (nSPS) is 34.7. The van der Waals surface area contributed by atoms with E-state index in [1.165, 1.54) is 0 Å². The van der Waals surface area contributed by atoms with Crippen molar-refractivity contribution in [1.29, 1.82) is 0 Å². The van der Waals surface area contributed by atoms with Gasteiger partial charge in [-0.25, -0.2) is 4.79 Å². The van der Waals surface area contributed by atoms with E-state index in [2.05, 4.69) is 20.4 Å². The third-order valence-corrected chi connectivity index (χ3v) is 3.84. The van der Waals surface area contributed by atoms with Gasteiger partial charge >= 0.3 is 5.97 Å². The second-order valence-electron chi connectivity index (χ2n) is 5.84. The number of carbonyl (C=O) groups excluding carboxylic acids is 1. The summed E-state index contributed by atoms with van der Waals surface area (Å²) in [4.78, 5) is 11.9. The second kappa shape index (κ2) is 4.39. The van der Waals surface area contributed by atoms with E-state index in [1.807, 2.05) is 13.0 Å². The summed E-state index contributed by atoms with van der Waals surface area (Å²) < 4.78 is 5.42. The zero-order valence-corrected chi connectivity index (χ0v) is 11.1. The van der Waals surface area contributed by atoms with Gasteiger partial charge in [0.2, 0.25) is 0 Å². The van der Waals surface area contributed by atoms with Crippen LogP contribution in [0.1, 0.15) is 27.2 Å². The lowest BCUT2D eigenvalue weighted by molar-refractivity contribution is -0.137. The van der Waals surface area contributed by atoms with Crippen LogP contribution in [0.3, 0.4) is 0 Å². The molecule has 1 fully saturated rings. The quantitative estimate of drug-likeness (QED) is 0.603. The Morgan fingerprint density at radius 2 is 2.28 bits per heavy atom. The lowest BCUT2D eigenvalue weighted by Crippen LogP contribution is -2.37. The van der Waals surface area contributed by atoms with Crippen molar-refractivity contribution in [2.75, 3.05) is 0 Å². The summed E-state index contributed by atoms with van der Waals surface area (Å²) in [6, 6.07) is 0. The predicted molar refractivity (Wildman–Crippen MR) is 69.8 cm³/mol. The molecule has 98 valence electrons. The van der Waals surface area contributed by atoms with E-state index in [9.17, 15) is 9.90 Å². The van der Waals surface area contributed by atoms with Gasteiger partial charge in [0, 0.05) is 11.5 Å². The van der Waals surface area contributed by atoms with Crippen LogP contribution >= 0.6 is 0 Å². The number of aliphatic hydroxyl groups excluding tert-OH is 1. The fourth-order valence-electron chi connectivity index (χ4n) is 2.99. The summed E-state index contributed by atoms with van der Waals surface area (Å²) in [5.74, 6) is -0.284. The molecule has 1 aliphatic heterocycles. The SMILES string of the molecule is C=CC(C)=CC1OC(=O)C2=CC(O)CC(C)(C)C21. The molecular formula is C15H20O3. The van der Waals surface area contributed by atoms with Crippen molar-refractivity contribution >= 4 is 5.97 Å². The molecule has 0 amide bonds. The number of ether oxygens (including phenoxy) is 1. The van der Waals surface area contributed by atoms with E-state index in [-0.39, 0.29) is 23.4 Å². The molecule has 1 aliphatic carbocycles. The first-order chi connectivity index (χ1) is 8.35. The summed E-state index contributed by atoms with van der Waals surface area (Å²) in [6.07, 6.45) is 5.19. The zero-order valence-electron chi connectivity index (χ0n) is 11.1. The van der Waals surface area contributed by atoms with Gasteiger partial charge in [0.1, 0.15) is 6.10 Å². The minimum Gasteiger partial charge on any atom is -0.454 e. The van der Waals surface area contributed by atoms with Gasteiger partial charge in [-0.15, -0.1) is 0 Å². The Morgan fingerprint density at radius 3 is 2.89 bits per heavy atom. The van der Waals surface area contributed by atoms with Crippen molar-refractivity contribution in [2.45, 2.75) is 39.4 Å². The van der Waals surface area contributed by atoms with Crippen molar-refractivity contribution in [3.05, 3.63) is 36.0 Å². The maximum atomic E-state index is 11.9. The highest BCUT2D eigenvalue weighted by molar-refractivity contribution is 5.92. The van der Waals surface area contributed by atoms with E-state index in [0.29, 0.717) is 12.0 Å². The number of fused-ring (bicyclic) bond motifs is 1. The van der Waals surface area contributed by atoms with E-state index in [0.717, 1.165) is 5.57 Å². The lowest BCUT2D eigenvalue weighted by Gasteiger charge is -2.38. The summed E-state index contributed by atoms with van der Waals surface area (Å²) in [5.41, 5.74) is 1.46. The summed E-state index contributed by atoms with van der Waals surface area (Å²) >= 11 is 0. The molecule has 0 aromatic carbocycles. The molecule has 2 rings (SSSR count). The molecule has 1 saturated heterocycles. The van der Waals surface area contributed by atoms with Crippen LogP contribution in [0.25, 0.3) is 0 Å². The number of hydrogen-bond acceptors (Lipinski definition) is 3. The first-order valence-electron chi connectivity index (χ1n) is 6.27. The fraction of sp³-hybridized carbons (Fsp3) is 0.533. The first-order valence-corrected chi connectivity index (χ1v) is 6.27. The molecule has 0 spiro atoms. The highest BCUT2D eigenvalue weighted by Crippen LogP contribution is 2.48. The third kappa shape index (κ3) is 2.15. The molecule has 0 radical (unpaired) electrons. The number of esters is 1. The Balaban J connectivity index is 2.41. The molecule has 0 bridgehead atoms. The monoisotopic (exact) mass is 248 g/mol. The Labute approximate surface area is 108 Å². The largest absolute Gasteiger partial charge is 0.454 e. The first kappa shape index (κ1) is 13.1. The highest BCUT2D eigenvalue weighted by atomic mass is 16.6. The Morgan fingerprint density at radius 1 is 1.61 bits per heavy atom. The molecule has 3 nitrogen and oxygen atoms in total. The van der Waals surface area contributed by atoms with Crippen molar-refractivity contribution in [3.63, 3.8) is 0 Å². The molecule has 1 heterocycles. The Hall–Kier alpha value is -1.35. The summed E-state index contributed by atoms with van der Waals surface area (Å²) in [5, 5.41) is 9.81. The minimum atomic E-state index is -0.554. The summed E-state index contributed by atoms with van der Waals surface area (Å²) in [6.45, 7) is 9.79. The molecule has 2 aliphatic rings. The molecule has 0 aromatic rings. The minimum absolute atomic E-state index is 0.0169. The maximum absolute atomic E-state index is 11.9.